The summed E-state index contributed by atoms with van der Waals surface area (Å²) in [7, 11) is 1.34. The molecule has 12 nitrogen and oxygen atoms in total. The van der Waals surface area contributed by atoms with Gasteiger partial charge in [0, 0.05) is 31.1 Å². The van der Waals surface area contributed by atoms with Gasteiger partial charge in [0.05, 0.1) is 40.0 Å². The van der Waals surface area contributed by atoms with Crippen molar-refractivity contribution in [1.82, 2.24) is 0 Å². The van der Waals surface area contributed by atoms with Crippen molar-refractivity contribution < 1.29 is 57.1 Å². The zero-order chi connectivity index (χ0) is 42.4. The summed E-state index contributed by atoms with van der Waals surface area (Å²) in [4.78, 5) is 48.2. The second-order valence-electron chi connectivity index (χ2n) is 17.2. The number of unbranched alkanes of at least 4 members (excludes halogenated alkanes) is 17. The highest BCUT2D eigenvalue weighted by Crippen LogP contribution is 2.43. The minimum Gasteiger partial charge on any atom is -0.462 e. The van der Waals surface area contributed by atoms with Crippen molar-refractivity contribution in [2.75, 3.05) is 47.5 Å². The van der Waals surface area contributed by atoms with Crippen LogP contribution < -0.4 is 0 Å². The van der Waals surface area contributed by atoms with Gasteiger partial charge in [-0.25, -0.2) is 4.57 Å². The number of esters is 2. The first kappa shape index (κ1) is 53.4. The first-order valence-electron chi connectivity index (χ1n) is 22.5. The molecule has 1 unspecified atom stereocenters. The fraction of sp³-hybridized carbons (Fsp3) is 0.886. The number of phosphoric ester groups is 1. The van der Waals surface area contributed by atoms with Gasteiger partial charge in [0.15, 0.2) is 6.10 Å². The van der Waals surface area contributed by atoms with E-state index >= 15 is 0 Å². The van der Waals surface area contributed by atoms with Crippen LogP contribution in [0.5, 0.6) is 0 Å². The summed E-state index contributed by atoms with van der Waals surface area (Å²) in [5.74, 6) is -1.48. The van der Waals surface area contributed by atoms with E-state index in [9.17, 15) is 34.1 Å². The maximum Gasteiger partial charge on any atom is 0.472 e. The van der Waals surface area contributed by atoms with Crippen molar-refractivity contribution in [3.63, 3.8) is 0 Å². The number of aliphatic hydroxyl groups is 2. The maximum atomic E-state index is 12.8. The summed E-state index contributed by atoms with van der Waals surface area (Å²) in [6.45, 7) is 4.05. The molecule has 1 fully saturated rings. The Labute approximate surface area is 346 Å². The molecule has 0 aromatic carbocycles. The zero-order valence-corrected chi connectivity index (χ0v) is 37.4. The van der Waals surface area contributed by atoms with Crippen LogP contribution in [0.2, 0.25) is 0 Å². The van der Waals surface area contributed by atoms with Crippen molar-refractivity contribution in [2.24, 2.45) is 11.8 Å². The van der Waals surface area contributed by atoms with Crippen LogP contribution in [0.4, 0.5) is 0 Å². The first-order valence-corrected chi connectivity index (χ1v) is 24.0. The van der Waals surface area contributed by atoms with Crippen LogP contribution in [0.15, 0.2) is 12.2 Å². The highest BCUT2D eigenvalue weighted by atomic mass is 31.2. The summed E-state index contributed by atoms with van der Waals surface area (Å²) in [6, 6.07) is 0. The zero-order valence-electron chi connectivity index (χ0n) is 36.5. The summed E-state index contributed by atoms with van der Waals surface area (Å²) >= 11 is 0. The van der Waals surface area contributed by atoms with E-state index in [-0.39, 0.29) is 50.1 Å². The quantitative estimate of drug-likeness (QED) is 0.0180. The largest absolute Gasteiger partial charge is 0.472 e. The van der Waals surface area contributed by atoms with Gasteiger partial charge >= 0.3 is 19.8 Å². The van der Waals surface area contributed by atoms with Crippen molar-refractivity contribution in [3.05, 3.63) is 12.2 Å². The molecule has 57 heavy (non-hydrogen) atoms. The highest BCUT2D eigenvalue weighted by Gasteiger charge is 2.39. The predicted molar refractivity (Wildman–Crippen MR) is 225 cm³/mol. The third-order valence-corrected chi connectivity index (χ3v) is 11.7. The number of carbonyl (C=O) groups is 3. The number of phosphoric acid groups is 1. The van der Waals surface area contributed by atoms with E-state index < -0.39 is 44.7 Å². The Morgan fingerprint density at radius 1 is 0.772 bits per heavy atom. The van der Waals surface area contributed by atoms with Gasteiger partial charge in [0.1, 0.15) is 25.5 Å². The summed E-state index contributed by atoms with van der Waals surface area (Å²) in [5.41, 5.74) is 0. The summed E-state index contributed by atoms with van der Waals surface area (Å²) < 4.78 is 34.3. The number of nitrogens with zero attached hydrogens (tertiary/aromatic N) is 1. The number of quaternary nitrogens is 1. The van der Waals surface area contributed by atoms with Crippen molar-refractivity contribution in [3.8, 4) is 0 Å². The normalized spacial score (nSPS) is 19.5. The van der Waals surface area contributed by atoms with E-state index in [1.54, 1.807) is 6.08 Å². The van der Waals surface area contributed by atoms with Gasteiger partial charge in [-0.15, -0.1) is 0 Å². The van der Waals surface area contributed by atoms with Gasteiger partial charge in [0.25, 0.3) is 0 Å². The molecule has 0 radical (unpaired) electrons. The second-order valence-corrected chi connectivity index (χ2v) is 18.7. The summed E-state index contributed by atoms with van der Waals surface area (Å²) in [6.07, 6.45) is 24.4. The molecular weight excluding hydrogens is 749 g/mol. The lowest BCUT2D eigenvalue weighted by atomic mass is 9.88. The van der Waals surface area contributed by atoms with E-state index in [1.165, 1.54) is 57.8 Å². The maximum absolute atomic E-state index is 12.8. The van der Waals surface area contributed by atoms with E-state index in [1.807, 2.05) is 27.2 Å². The van der Waals surface area contributed by atoms with Crippen molar-refractivity contribution in [2.45, 2.75) is 193 Å². The van der Waals surface area contributed by atoms with Crippen LogP contribution in [-0.4, -0.2) is 103 Å². The number of hydrogen-bond acceptors (Lipinski definition) is 10. The third kappa shape index (κ3) is 29.2. The second kappa shape index (κ2) is 32.2. The number of aliphatic hydroxyl groups excluding tert-OH is 2. The molecule has 0 aromatic rings. The van der Waals surface area contributed by atoms with E-state index in [0.29, 0.717) is 36.7 Å². The monoisotopic (exact) mass is 833 g/mol. The lowest BCUT2D eigenvalue weighted by Gasteiger charge is -2.24. The van der Waals surface area contributed by atoms with Crippen molar-refractivity contribution >= 4 is 25.5 Å². The molecule has 0 spiro atoms. The van der Waals surface area contributed by atoms with Crippen LogP contribution in [0, 0.1) is 11.8 Å². The molecule has 0 saturated heterocycles. The SMILES string of the molecule is CCCCCCCCCCCCCCCC(=O)OC[C@H](COP(=O)(O)OCC[N+](C)(C)C)OC(=O)CCCCCC[C@H]1C(=O)C[C@@H](O)[C@@H]1/C=C/[C@@H](O)CCCCC. The van der Waals surface area contributed by atoms with E-state index in [2.05, 4.69) is 13.8 Å². The number of Topliss-reactive ketones (excluding diaryl/α,β-unsaturated/α-hetero) is 1. The first-order chi connectivity index (χ1) is 27.2. The smallest absolute Gasteiger partial charge is 0.462 e. The lowest BCUT2D eigenvalue weighted by molar-refractivity contribution is -0.870. The Bertz CT molecular complexity index is 1140. The molecule has 1 rings (SSSR count). The predicted octanol–water partition coefficient (Wildman–Crippen LogP) is 9.17. The molecule has 0 amide bonds. The van der Waals surface area contributed by atoms with E-state index in [4.69, 9.17) is 18.5 Å². The molecule has 13 heteroatoms. The number of likely N-dealkylation sites (N-methyl/N-ethyl adjacent to an activating group) is 1. The third-order valence-electron chi connectivity index (χ3n) is 10.7. The minimum atomic E-state index is -4.44. The fourth-order valence-electron chi connectivity index (χ4n) is 7.09. The van der Waals surface area contributed by atoms with Gasteiger partial charge in [-0.05, 0) is 25.7 Å². The molecule has 1 aliphatic rings. The molecular formula is C44H83NO11P+. The number of ketones is 1. The number of ether oxygens (including phenoxy) is 2. The molecule has 1 saturated carbocycles. The lowest BCUT2D eigenvalue weighted by Crippen LogP contribution is -2.37. The number of rotatable bonds is 37. The Morgan fingerprint density at radius 3 is 1.88 bits per heavy atom. The van der Waals surface area contributed by atoms with Crippen LogP contribution in [0.1, 0.15) is 174 Å². The van der Waals surface area contributed by atoms with Gasteiger partial charge in [-0.1, -0.05) is 142 Å². The fourth-order valence-corrected chi connectivity index (χ4v) is 7.83. The van der Waals surface area contributed by atoms with Crippen LogP contribution in [0.25, 0.3) is 0 Å². The van der Waals surface area contributed by atoms with Crippen molar-refractivity contribution in [1.29, 1.82) is 0 Å². The molecule has 0 aromatic heterocycles. The molecule has 0 bridgehead atoms. The molecule has 3 N–H and O–H groups in total. The van der Waals surface area contributed by atoms with Gasteiger partial charge in [-0.2, -0.15) is 0 Å². The number of hydrogen-bond donors (Lipinski definition) is 3. The minimum absolute atomic E-state index is 0.00899. The average molecular weight is 833 g/mol. The Hall–Kier alpha value is -1.66. The standard InChI is InChI=1S/C44H82NO11P/c1-6-8-10-11-12-13-14-15-16-17-18-19-24-28-43(49)53-35-38(36-55-57(51,52)54-33-32-45(3,4)5)56-44(50)29-25-21-20-23-27-39-40(42(48)34-41(39)47)31-30-37(46)26-22-9-7-2/h30-31,37-40,42,46,48H,6-29,32-36H2,1-5H3/p+1/b31-30+/t37-,38+,39+,40+,42+/m0/s1. The Balaban J connectivity index is 2.48. The van der Waals surface area contributed by atoms with Crippen LogP contribution >= 0.6 is 7.82 Å². The topological polar surface area (TPSA) is 166 Å². The van der Waals surface area contributed by atoms with E-state index in [0.717, 1.165) is 57.8 Å². The van der Waals surface area contributed by atoms with Crippen LogP contribution in [-0.2, 0) is 37.5 Å². The van der Waals surface area contributed by atoms with Crippen LogP contribution in [0.3, 0.4) is 0 Å². The van der Waals surface area contributed by atoms with Gasteiger partial charge in [-0.3, -0.25) is 23.4 Å². The highest BCUT2D eigenvalue weighted by molar-refractivity contribution is 7.47. The summed E-state index contributed by atoms with van der Waals surface area (Å²) in [5, 5.41) is 20.8. The molecule has 0 aliphatic heterocycles. The molecule has 334 valence electrons. The Kier molecular flexibility index (Phi) is 30.1. The molecule has 0 heterocycles. The van der Waals surface area contributed by atoms with Gasteiger partial charge in [0.2, 0.25) is 0 Å². The average Bonchev–Trinajstić information content (AvgIpc) is 3.41. The molecule has 1 aliphatic carbocycles. The Morgan fingerprint density at radius 2 is 1.30 bits per heavy atom. The molecule has 6 atom stereocenters. The van der Waals surface area contributed by atoms with Gasteiger partial charge < -0.3 is 29.1 Å². The number of carbonyl (C=O) groups excluding carboxylic acids is 3.